The highest BCUT2D eigenvalue weighted by atomic mass is 32.2. The monoisotopic (exact) mass is 391 g/mol. The fourth-order valence-electron chi connectivity index (χ4n) is 3.03. The van der Waals surface area contributed by atoms with Crippen molar-refractivity contribution in [3.63, 3.8) is 0 Å². The first-order valence-corrected chi connectivity index (χ1v) is 10.4. The normalized spacial score (nSPS) is 18.3. The van der Waals surface area contributed by atoms with Crippen LogP contribution in [-0.2, 0) is 10.0 Å². The van der Waals surface area contributed by atoms with Gasteiger partial charge >= 0.3 is 0 Å². The number of methoxy groups -OCH3 is 1. The molecule has 4 rings (SSSR count). The fraction of sp³-hybridized carbons (Fsp3) is 0.294. The summed E-state index contributed by atoms with van der Waals surface area (Å²) in [7, 11) is -1.95. The Balaban J connectivity index is 1.62. The van der Waals surface area contributed by atoms with Crippen LogP contribution in [-0.4, -0.2) is 36.5 Å². The van der Waals surface area contributed by atoms with Crippen LogP contribution < -0.4 is 4.74 Å². The van der Waals surface area contributed by atoms with Gasteiger partial charge in [-0.25, -0.2) is 8.42 Å². The van der Waals surface area contributed by atoms with E-state index in [-0.39, 0.29) is 0 Å². The Labute approximate surface area is 155 Å². The number of hydrogen-bond donors (Lipinski definition) is 0. The van der Waals surface area contributed by atoms with Crippen LogP contribution in [0.2, 0.25) is 0 Å². The highest BCUT2D eigenvalue weighted by molar-refractivity contribution is 7.91. The van der Waals surface area contributed by atoms with Gasteiger partial charge in [-0.2, -0.15) is 9.29 Å². The molecule has 0 saturated carbocycles. The molecule has 1 unspecified atom stereocenters. The van der Waals surface area contributed by atoms with Crippen LogP contribution >= 0.6 is 11.3 Å². The van der Waals surface area contributed by atoms with Crippen LogP contribution in [0.1, 0.15) is 24.8 Å². The Bertz CT molecular complexity index is 981. The molecule has 3 heterocycles. The van der Waals surface area contributed by atoms with Crippen molar-refractivity contribution in [2.75, 3.05) is 13.7 Å². The molecule has 1 fully saturated rings. The van der Waals surface area contributed by atoms with E-state index in [0.29, 0.717) is 28.9 Å². The minimum Gasteiger partial charge on any atom is -0.497 e. The van der Waals surface area contributed by atoms with Gasteiger partial charge in [0.05, 0.1) is 7.11 Å². The molecule has 0 radical (unpaired) electrons. The number of rotatable bonds is 5. The first-order chi connectivity index (χ1) is 12.6. The largest absolute Gasteiger partial charge is 0.497 e. The lowest BCUT2D eigenvalue weighted by atomic mass is 10.2. The van der Waals surface area contributed by atoms with Crippen LogP contribution in [0.4, 0.5) is 0 Å². The minimum absolute atomic E-state index is 0.327. The predicted molar refractivity (Wildman–Crippen MR) is 96.5 cm³/mol. The number of hydrogen-bond acceptors (Lipinski definition) is 7. The van der Waals surface area contributed by atoms with Gasteiger partial charge in [0.2, 0.25) is 11.7 Å². The molecule has 0 bridgehead atoms. The van der Waals surface area contributed by atoms with Gasteiger partial charge in [0.1, 0.15) is 16.0 Å². The lowest BCUT2D eigenvalue weighted by molar-refractivity contribution is 0.291. The summed E-state index contributed by atoms with van der Waals surface area (Å²) in [6, 6.07) is 10.2. The number of sulfonamides is 1. The third-order valence-corrected chi connectivity index (χ3v) is 7.62. The Morgan fingerprint density at radius 2 is 2.08 bits per heavy atom. The lowest BCUT2D eigenvalue weighted by Gasteiger charge is -2.20. The molecule has 3 aromatic rings. The summed E-state index contributed by atoms with van der Waals surface area (Å²) in [4.78, 5) is 4.44. The molecular formula is C17H17N3O4S2. The molecule has 7 nitrogen and oxygen atoms in total. The van der Waals surface area contributed by atoms with Gasteiger partial charge in [0.15, 0.2) is 0 Å². The number of thiophene rings is 1. The Hall–Kier alpha value is -2.23. The van der Waals surface area contributed by atoms with Gasteiger partial charge in [-0.15, -0.1) is 11.3 Å². The third kappa shape index (κ3) is 3.02. The highest BCUT2D eigenvalue weighted by Crippen LogP contribution is 2.37. The molecule has 2 aromatic heterocycles. The predicted octanol–water partition coefficient (Wildman–Crippen LogP) is 3.33. The zero-order valence-corrected chi connectivity index (χ0v) is 15.7. The zero-order valence-electron chi connectivity index (χ0n) is 14.0. The van der Waals surface area contributed by atoms with Gasteiger partial charge in [0.25, 0.3) is 10.0 Å². The SMILES string of the molecule is COc1ccc(-c2noc(C3CCCN3S(=O)(=O)c3cccs3)n2)cc1. The molecule has 1 aromatic carbocycles. The van der Waals surface area contributed by atoms with E-state index in [9.17, 15) is 8.42 Å². The second kappa shape index (κ2) is 6.82. The van der Waals surface area contributed by atoms with E-state index in [1.54, 1.807) is 24.6 Å². The molecule has 0 N–H and O–H groups in total. The Kier molecular flexibility index (Phi) is 4.51. The molecule has 1 saturated heterocycles. The van der Waals surface area contributed by atoms with Crippen LogP contribution in [0.25, 0.3) is 11.4 Å². The van der Waals surface area contributed by atoms with E-state index in [0.717, 1.165) is 17.7 Å². The molecule has 0 spiro atoms. The molecule has 1 atom stereocenters. The van der Waals surface area contributed by atoms with E-state index >= 15 is 0 Å². The molecule has 9 heteroatoms. The second-order valence-electron chi connectivity index (χ2n) is 5.89. The number of nitrogens with zero attached hydrogens (tertiary/aromatic N) is 3. The van der Waals surface area contributed by atoms with Crippen molar-refractivity contribution in [1.82, 2.24) is 14.4 Å². The van der Waals surface area contributed by atoms with E-state index in [2.05, 4.69) is 10.1 Å². The van der Waals surface area contributed by atoms with Gasteiger partial charge in [-0.05, 0) is 48.6 Å². The van der Waals surface area contributed by atoms with E-state index in [1.807, 2.05) is 24.3 Å². The molecule has 26 heavy (non-hydrogen) atoms. The van der Waals surface area contributed by atoms with Crippen LogP contribution in [0.5, 0.6) is 5.75 Å². The van der Waals surface area contributed by atoms with E-state index < -0.39 is 16.1 Å². The smallest absolute Gasteiger partial charge is 0.253 e. The molecule has 0 amide bonds. The minimum atomic E-state index is -3.55. The molecular weight excluding hydrogens is 374 g/mol. The summed E-state index contributed by atoms with van der Waals surface area (Å²) in [5.41, 5.74) is 0.784. The Morgan fingerprint density at radius 1 is 1.27 bits per heavy atom. The summed E-state index contributed by atoms with van der Waals surface area (Å²) in [6.07, 6.45) is 1.42. The van der Waals surface area contributed by atoms with Crippen molar-refractivity contribution in [2.45, 2.75) is 23.1 Å². The summed E-state index contributed by atoms with van der Waals surface area (Å²) in [5, 5.41) is 5.78. The quantitative estimate of drug-likeness (QED) is 0.663. The third-order valence-electron chi connectivity index (χ3n) is 4.34. The molecule has 1 aliphatic heterocycles. The van der Waals surface area contributed by atoms with Crippen molar-refractivity contribution < 1.29 is 17.7 Å². The summed E-state index contributed by atoms with van der Waals surface area (Å²) >= 11 is 1.21. The summed E-state index contributed by atoms with van der Waals surface area (Å²) in [5.74, 6) is 1.50. The molecule has 1 aliphatic rings. The standard InChI is InChI=1S/C17H17N3O4S2/c1-23-13-8-6-12(7-9-13)16-18-17(24-19-16)14-4-2-10-20(14)26(21,22)15-5-3-11-25-15/h3,5-9,11,14H,2,4,10H2,1H3. The number of aromatic nitrogens is 2. The van der Waals surface area contributed by atoms with Crippen molar-refractivity contribution in [3.8, 4) is 17.1 Å². The first-order valence-electron chi connectivity index (χ1n) is 8.13. The van der Waals surface area contributed by atoms with Crippen molar-refractivity contribution >= 4 is 21.4 Å². The molecule has 136 valence electrons. The average Bonchev–Trinajstić information content (AvgIpc) is 3.42. The van der Waals surface area contributed by atoms with Crippen molar-refractivity contribution in [2.24, 2.45) is 0 Å². The van der Waals surface area contributed by atoms with E-state index in [4.69, 9.17) is 9.26 Å². The van der Waals surface area contributed by atoms with Gasteiger partial charge in [0, 0.05) is 12.1 Å². The van der Waals surface area contributed by atoms with Crippen molar-refractivity contribution in [1.29, 1.82) is 0 Å². The average molecular weight is 391 g/mol. The zero-order chi connectivity index (χ0) is 18.1. The summed E-state index contributed by atoms with van der Waals surface area (Å²) < 4.78 is 38.1. The number of benzene rings is 1. The maximum absolute atomic E-state index is 12.9. The van der Waals surface area contributed by atoms with E-state index in [1.165, 1.54) is 15.6 Å². The van der Waals surface area contributed by atoms with Gasteiger partial charge < -0.3 is 9.26 Å². The highest BCUT2D eigenvalue weighted by Gasteiger charge is 2.39. The van der Waals surface area contributed by atoms with Crippen LogP contribution in [0, 0.1) is 0 Å². The van der Waals surface area contributed by atoms with Crippen LogP contribution in [0.15, 0.2) is 50.5 Å². The lowest BCUT2D eigenvalue weighted by Crippen LogP contribution is -2.30. The maximum atomic E-state index is 12.9. The second-order valence-corrected chi connectivity index (χ2v) is 8.96. The van der Waals surface area contributed by atoms with Crippen molar-refractivity contribution in [3.05, 3.63) is 47.7 Å². The molecule has 0 aliphatic carbocycles. The first kappa shape index (κ1) is 17.2. The van der Waals surface area contributed by atoms with Crippen LogP contribution in [0.3, 0.4) is 0 Å². The summed E-state index contributed by atoms with van der Waals surface area (Å²) in [6.45, 7) is 0.450. The topological polar surface area (TPSA) is 85.5 Å². The fourth-order valence-corrected chi connectivity index (χ4v) is 5.80. The Morgan fingerprint density at radius 3 is 2.77 bits per heavy atom. The van der Waals surface area contributed by atoms with Gasteiger partial charge in [-0.1, -0.05) is 11.2 Å². The number of ether oxygens (including phenoxy) is 1. The van der Waals surface area contributed by atoms with Gasteiger partial charge in [-0.3, -0.25) is 0 Å². The maximum Gasteiger partial charge on any atom is 0.253 e.